The van der Waals surface area contributed by atoms with E-state index < -0.39 is 0 Å². The minimum atomic E-state index is -0.0242. The number of carbonyl (C=O) groups excluding carboxylic acids is 1. The molecule has 1 unspecified atom stereocenters. The van der Waals surface area contributed by atoms with E-state index in [-0.39, 0.29) is 30.0 Å². The SMILES string of the molecule is Cc1ccc(C[C@H](N)CN2C[C@@H](Cc3ccccc3)N(C(=O)Cc3ccc4ccccc4c3)CC2CCCN=C(N)N)c(C)c1. The highest BCUT2D eigenvalue weighted by atomic mass is 16.2. The lowest BCUT2D eigenvalue weighted by atomic mass is 9.94. The second-order valence-electron chi connectivity index (χ2n) is 12.7. The normalized spacial score (nSPS) is 17.7. The maximum Gasteiger partial charge on any atom is 0.227 e. The van der Waals surface area contributed by atoms with Crippen molar-refractivity contribution in [1.82, 2.24) is 9.80 Å². The number of hydrogen-bond donors (Lipinski definition) is 3. The maximum absolute atomic E-state index is 14.1. The summed E-state index contributed by atoms with van der Waals surface area (Å²) in [5, 5.41) is 2.34. The van der Waals surface area contributed by atoms with E-state index in [0.29, 0.717) is 19.5 Å². The Morgan fingerprint density at radius 2 is 1.62 bits per heavy atom. The Hall–Kier alpha value is -4.20. The maximum atomic E-state index is 14.1. The number of aliphatic imine (C=N–C) groups is 1. The van der Waals surface area contributed by atoms with Gasteiger partial charge in [0, 0.05) is 44.3 Å². The lowest BCUT2D eigenvalue weighted by Gasteiger charge is -2.47. The summed E-state index contributed by atoms with van der Waals surface area (Å²) >= 11 is 0. The van der Waals surface area contributed by atoms with Gasteiger partial charge in [0.25, 0.3) is 0 Å². The molecule has 0 saturated carbocycles. The van der Waals surface area contributed by atoms with Gasteiger partial charge in [-0.05, 0) is 72.6 Å². The molecule has 45 heavy (non-hydrogen) atoms. The Morgan fingerprint density at radius 3 is 2.38 bits per heavy atom. The van der Waals surface area contributed by atoms with Gasteiger partial charge in [0.15, 0.2) is 5.96 Å². The first-order valence-corrected chi connectivity index (χ1v) is 16.2. The van der Waals surface area contributed by atoms with Crippen LogP contribution in [0, 0.1) is 13.8 Å². The fourth-order valence-corrected chi connectivity index (χ4v) is 6.76. The number of benzene rings is 4. The highest BCUT2D eigenvalue weighted by molar-refractivity contribution is 5.85. The number of piperazine rings is 1. The van der Waals surface area contributed by atoms with Gasteiger partial charge in [-0.3, -0.25) is 14.7 Å². The molecule has 0 aromatic heterocycles. The topological polar surface area (TPSA) is 114 Å². The van der Waals surface area contributed by atoms with Crippen molar-refractivity contribution in [2.24, 2.45) is 22.2 Å². The lowest BCUT2D eigenvalue weighted by Crippen LogP contribution is -2.62. The fraction of sp³-hybridized carbons (Fsp3) is 0.368. The van der Waals surface area contributed by atoms with Crippen LogP contribution in [0.5, 0.6) is 0 Å². The van der Waals surface area contributed by atoms with Gasteiger partial charge in [0.05, 0.1) is 6.42 Å². The number of carbonyl (C=O) groups is 1. The van der Waals surface area contributed by atoms with E-state index in [1.807, 2.05) is 18.2 Å². The van der Waals surface area contributed by atoms with E-state index in [9.17, 15) is 4.79 Å². The van der Waals surface area contributed by atoms with Crippen LogP contribution < -0.4 is 17.2 Å². The number of guanidine groups is 1. The van der Waals surface area contributed by atoms with Crippen LogP contribution in [0.3, 0.4) is 0 Å². The second-order valence-corrected chi connectivity index (χ2v) is 12.7. The van der Waals surface area contributed by atoms with Gasteiger partial charge in [-0.1, -0.05) is 96.6 Å². The zero-order chi connectivity index (χ0) is 31.8. The van der Waals surface area contributed by atoms with Crippen LogP contribution in [0.25, 0.3) is 10.8 Å². The third-order valence-electron chi connectivity index (χ3n) is 9.05. The minimum Gasteiger partial charge on any atom is -0.370 e. The van der Waals surface area contributed by atoms with Crippen molar-refractivity contribution in [3.05, 3.63) is 119 Å². The first kappa shape index (κ1) is 32.2. The van der Waals surface area contributed by atoms with Gasteiger partial charge < -0.3 is 22.1 Å². The Bertz CT molecular complexity index is 1600. The number of nitrogens with zero attached hydrogens (tertiary/aromatic N) is 3. The van der Waals surface area contributed by atoms with E-state index in [4.69, 9.17) is 17.2 Å². The number of amides is 1. The Kier molecular flexibility index (Phi) is 10.9. The van der Waals surface area contributed by atoms with Crippen molar-refractivity contribution in [2.45, 2.75) is 64.1 Å². The van der Waals surface area contributed by atoms with Crippen LogP contribution in [0.1, 0.15) is 40.7 Å². The summed E-state index contributed by atoms with van der Waals surface area (Å²) in [5.74, 6) is 0.278. The summed E-state index contributed by atoms with van der Waals surface area (Å²) in [6.07, 6.45) is 3.71. The summed E-state index contributed by atoms with van der Waals surface area (Å²) in [6, 6.07) is 31.9. The first-order valence-electron chi connectivity index (χ1n) is 16.2. The molecule has 7 heteroatoms. The zero-order valence-electron chi connectivity index (χ0n) is 26.7. The minimum absolute atomic E-state index is 0.0242. The summed E-state index contributed by atoms with van der Waals surface area (Å²) in [4.78, 5) is 23.0. The molecular formula is C38H48N6O. The molecule has 1 saturated heterocycles. The molecule has 1 fully saturated rings. The van der Waals surface area contributed by atoms with Crippen LogP contribution in [-0.4, -0.2) is 66.0 Å². The Morgan fingerprint density at radius 1 is 0.867 bits per heavy atom. The fourth-order valence-electron chi connectivity index (χ4n) is 6.76. The monoisotopic (exact) mass is 604 g/mol. The number of nitrogens with two attached hydrogens (primary N) is 3. The van der Waals surface area contributed by atoms with Gasteiger partial charge in [0.1, 0.15) is 0 Å². The van der Waals surface area contributed by atoms with E-state index in [0.717, 1.165) is 49.7 Å². The Balaban J connectivity index is 1.37. The van der Waals surface area contributed by atoms with Gasteiger partial charge in [0.2, 0.25) is 5.91 Å². The van der Waals surface area contributed by atoms with Crippen molar-refractivity contribution in [3.63, 3.8) is 0 Å². The van der Waals surface area contributed by atoms with Crippen molar-refractivity contribution < 1.29 is 4.79 Å². The number of rotatable bonds is 12. The average molecular weight is 605 g/mol. The molecule has 0 bridgehead atoms. The third kappa shape index (κ3) is 8.93. The molecule has 3 atom stereocenters. The molecule has 0 aliphatic carbocycles. The van der Waals surface area contributed by atoms with Gasteiger partial charge in [-0.2, -0.15) is 0 Å². The van der Waals surface area contributed by atoms with E-state index in [1.165, 1.54) is 27.6 Å². The molecule has 4 aromatic rings. The lowest BCUT2D eigenvalue weighted by molar-refractivity contribution is -0.137. The number of aryl methyl sites for hydroxylation is 2. The third-order valence-corrected chi connectivity index (χ3v) is 9.05. The highest BCUT2D eigenvalue weighted by Crippen LogP contribution is 2.25. The second kappa shape index (κ2) is 15.2. The van der Waals surface area contributed by atoms with E-state index in [2.05, 4.69) is 101 Å². The van der Waals surface area contributed by atoms with Crippen LogP contribution in [-0.2, 0) is 24.1 Å². The molecule has 0 radical (unpaired) electrons. The van der Waals surface area contributed by atoms with Gasteiger partial charge >= 0.3 is 0 Å². The summed E-state index contributed by atoms with van der Waals surface area (Å²) < 4.78 is 0. The molecule has 7 nitrogen and oxygen atoms in total. The molecule has 236 valence electrons. The molecule has 6 N–H and O–H groups in total. The van der Waals surface area contributed by atoms with E-state index in [1.54, 1.807) is 0 Å². The van der Waals surface area contributed by atoms with Crippen molar-refractivity contribution >= 4 is 22.6 Å². The molecule has 5 rings (SSSR count). The van der Waals surface area contributed by atoms with Crippen LogP contribution in [0.2, 0.25) is 0 Å². The first-order chi connectivity index (χ1) is 21.7. The number of hydrogen-bond acceptors (Lipinski definition) is 4. The summed E-state index contributed by atoms with van der Waals surface area (Å²) in [7, 11) is 0. The van der Waals surface area contributed by atoms with Gasteiger partial charge in [-0.15, -0.1) is 0 Å². The predicted octanol–water partition coefficient (Wildman–Crippen LogP) is 4.75. The predicted molar refractivity (Wildman–Crippen MR) is 186 cm³/mol. The molecular weight excluding hydrogens is 556 g/mol. The van der Waals surface area contributed by atoms with Crippen LogP contribution in [0.15, 0.2) is 96.0 Å². The highest BCUT2D eigenvalue weighted by Gasteiger charge is 2.36. The molecule has 1 amide bonds. The van der Waals surface area contributed by atoms with Gasteiger partial charge in [-0.25, -0.2) is 0 Å². The summed E-state index contributed by atoms with van der Waals surface area (Å²) in [5.41, 5.74) is 24.2. The zero-order valence-corrected chi connectivity index (χ0v) is 26.7. The van der Waals surface area contributed by atoms with Crippen molar-refractivity contribution in [1.29, 1.82) is 0 Å². The largest absolute Gasteiger partial charge is 0.370 e. The standard InChI is InChI=1S/C38H48N6O/c1-27-14-16-32(28(2)19-27)23-34(39)24-43-25-36(21-29-9-4-3-5-10-29)44(26-35(43)13-8-18-42-38(40)41)37(45)22-30-15-17-31-11-6-7-12-33(31)20-30/h3-7,9-12,14-17,19-20,34-36H,8,13,18,21-26,39H2,1-2H3,(H4,40,41,42)/t34-,35?,36+/m0/s1. The van der Waals surface area contributed by atoms with Crippen molar-refractivity contribution in [3.8, 4) is 0 Å². The molecule has 1 aliphatic heterocycles. The molecule has 0 spiro atoms. The molecule has 4 aromatic carbocycles. The van der Waals surface area contributed by atoms with E-state index >= 15 is 0 Å². The Labute approximate surface area is 268 Å². The number of fused-ring (bicyclic) bond motifs is 1. The average Bonchev–Trinajstić information content (AvgIpc) is 3.02. The quantitative estimate of drug-likeness (QED) is 0.123. The van der Waals surface area contributed by atoms with Crippen LogP contribution >= 0.6 is 0 Å². The summed E-state index contributed by atoms with van der Waals surface area (Å²) in [6.45, 7) is 7.04. The molecule has 1 heterocycles. The smallest absolute Gasteiger partial charge is 0.227 e. The van der Waals surface area contributed by atoms with Crippen molar-refractivity contribution in [2.75, 3.05) is 26.2 Å². The van der Waals surface area contributed by atoms with Crippen LogP contribution in [0.4, 0.5) is 0 Å². The molecule has 1 aliphatic rings.